The zero-order valence-electron chi connectivity index (χ0n) is 32.7. The number of rotatable bonds is 2. The first-order chi connectivity index (χ1) is 26.1. The van der Waals surface area contributed by atoms with Gasteiger partial charge in [-0.1, -0.05) is 145 Å². The topological polar surface area (TPSA) is 13.1 Å². The quantitative estimate of drug-likeness (QED) is 0.147. The van der Waals surface area contributed by atoms with E-state index in [2.05, 4.69) is 24.3 Å². The van der Waals surface area contributed by atoms with Gasteiger partial charge in [-0.25, -0.2) is 0 Å². The molecule has 45 heavy (non-hydrogen) atoms. The van der Waals surface area contributed by atoms with Gasteiger partial charge in [-0.3, -0.25) is 0 Å². The van der Waals surface area contributed by atoms with Crippen molar-refractivity contribution in [2.45, 2.75) is 0 Å². The standard InChI is InChI=1S/C44H26O/c1-3-14-29-27(12-1)24-25-32-31(29)21-11-22-33(32)41-34-16-5-7-18-36(34)42(37-19-8-6-17-35(37)41)39-26-28-13-2-4-15-30(28)44-43(39)38-20-9-10-23-40(38)45-44/h1-26H/i1D,3D,11D,12D,14D,21D,22D,24D,25D. The predicted octanol–water partition coefficient (Wildman–Crippen LogP) is 12.7. The molecule has 0 saturated carbocycles. The first-order valence-electron chi connectivity index (χ1n) is 19.3. The molecule has 1 nitrogen and oxygen atoms in total. The van der Waals surface area contributed by atoms with Gasteiger partial charge < -0.3 is 4.42 Å². The molecule has 0 saturated heterocycles. The highest BCUT2D eigenvalue weighted by molar-refractivity contribution is 6.30. The molecule has 0 aliphatic rings. The largest absolute Gasteiger partial charge is 0.455 e. The number of benzene rings is 9. The fraction of sp³-hybridized carbons (Fsp3) is 0. The van der Waals surface area contributed by atoms with Crippen LogP contribution >= 0.6 is 0 Å². The van der Waals surface area contributed by atoms with E-state index < -0.39 is 42.3 Å². The second-order valence-electron chi connectivity index (χ2n) is 11.3. The van der Waals surface area contributed by atoms with E-state index >= 15 is 0 Å². The number of hydrogen-bond donors (Lipinski definition) is 0. The van der Waals surface area contributed by atoms with Crippen molar-refractivity contribution in [1.29, 1.82) is 0 Å². The van der Waals surface area contributed by atoms with Crippen molar-refractivity contribution in [1.82, 2.24) is 0 Å². The van der Waals surface area contributed by atoms with Crippen molar-refractivity contribution in [2.24, 2.45) is 0 Å². The molecule has 0 atom stereocenters. The molecule has 10 aromatic rings. The maximum atomic E-state index is 9.42. The monoisotopic (exact) mass is 579 g/mol. The molecular weight excluding hydrogens is 544 g/mol. The lowest BCUT2D eigenvalue weighted by Crippen LogP contribution is -1.92. The summed E-state index contributed by atoms with van der Waals surface area (Å²) in [6.07, 6.45) is 0. The Morgan fingerprint density at radius 1 is 0.400 bits per heavy atom. The van der Waals surface area contributed by atoms with E-state index in [1.165, 1.54) is 0 Å². The van der Waals surface area contributed by atoms with Crippen LogP contribution in [0.5, 0.6) is 0 Å². The van der Waals surface area contributed by atoms with Crippen molar-refractivity contribution in [2.75, 3.05) is 0 Å². The molecule has 0 radical (unpaired) electrons. The normalized spacial score (nSPS) is 14.8. The van der Waals surface area contributed by atoms with Crippen molar-refractivity contribution in [3.63, 3.8) is 0 Å². The molecule has 0 fully saturated rings. The zero-order chi connectivity index (χ0) is 37.3. The fourth-order valence-electron chi connectivity index (χ4n) is 7.07. The maximum Gasteiger partial charge on any atom is 0.143 e. The summed E-state index contributed by atoms with van der Waals surface area (Å²) in [7, 11) is 0. The Kier molecular flexibility index (Phi) is 3.59. The third-order valence-corrected chi connectivity index (χ3v) is 8.95. The minimum Gasteiger partial charge on any atom is -0.455 e. The van der Waals surface area contributed by atoms with Crippen LogP contribution in [0.4, 0.5) is 0 Å². The third kappa shape index (κ3) is 3.44. The second kappa shape index (κ2) is 9.29. The molecular formula is C44H26O. The Hall–Kier alpha value is -5.92. The number of hydrogen-bond acceptors (Lipinski definition) is 1. The second-order valence-corrected chi connectivity index (χ2v) is 11.3. The lowest BCUT2D eigenvalue weighted by Gasteiger charge is -2.20. The smallest absolute Gasteiger partial charge is 0.143 e. The van der Waals surface area contributed by atoms with E-state index in [9.17, 15) is 2.74 Å². The molecule has 1 heterocycles. The van der Waals surface area contributed by atoms with Gasteiger partial charge in [0.05, 0.1) is 12.3 Å². The molecule has 0 aliphatic carbocycles. The molecule has 0 bridgehead atoms. The van der Waals surface area contributed by atoms with Gasteiger partial charge in [-0.05, 0) is 82.9 Å². The fourth-order valence-corrected chi connectivity index (χ4v) is 7.07. The summed E-state index contributed by atoms with van der Waals surface area (Å²) in [5, 5.41) is 6.70. The molecule has 0 amide bonds. The summed E-state index contributed by atoms with van der Waals surface area (Å²) < 4.78 is 86.9. The Labute approximate surface area is 272 Å². The molecule has 0 aliphatic heterocycles. The zero-order valence-corrected chi connectivity index (χ0v) is 23.7. The van der Waals surface area contributed by atoms with E-state index in [-0.39, 0.29) is 39.2 Å². The number of para-hydroxylation sites is 1. The van der Waals surface area contributed by atoms with Crippen LogP contribution in [0.15, 0.2) is 162 Å². The van der Waals surface area contributed by atoms with E-state index in [1.807, 2.05) is 78.9 Å². The molecule has 0 N–H and O–H groups in total. The maximum absolute atomic E-state index is 9.42. The van der Waals surface area contributed by atoms with Crippen LogP contribution in [0.2, 0.25) is 0 Å². The molecule has 1 heteroatoms. The summed E-state index contributed by atoms with van der Waals surface area (Å²) in [5.74, 6) is 0. The average Bonchev–Trinajstić information content (AvgIpc) is 3.59. The molecule has 0 unspecified atom stereocenters. The van der Waals surface area contributed by atoms with Gasteiger partial charge in [0.2, 0.25) is 0 Å². The molecule has 0 spiro atoms. The Morgan fingerprint density at radius 2 is 1.00 bits per heavy atom. The SMILES string of the molecule is [2H]c1c([2H])c([2H])c2c(c1[2H])c([2H])c([2H])c1c(-c3c4ccccc4c(-c4cc5ccccc5c5oc6ccccc6c45)c4ccccc34)c([2H])c([2H])c([2H])c12. The summed E-state index contributed by atoms with van der Waals surface area (Å²) in [6.45, 7) is 0. The van der Waals surface area contributed by atoms with Crippen LogP contribution in [0.25, 0.3) is 98.1 Å². The van der Waals surface area contributed by atoms with Crippen molar-refractivity contribution >= 4 is 75.8 Å². The van der Waals surface area contributed by atoms with Crippen molar-refractivity contribution < 1.29 is 16.8 Å². The van der Waals surface area contributed by atoms with E-state index in [0.29, 0.717) is 16.3 Å². The van der Waals surface area contributed by atoms with E-state index in [1.54, 1.807) is 0 Å². The van der Waals surface area contributed by atoms with Gasteiger partial charge in [0.15, 0.2) is 0 Å². The lowest BCUT2D eigenvalue weighted by molar-refractivity contribution is 0.673. The average molecular weight is 580 g/mol. The minimum absolute atomic E-state index is 0.0283. The molecule has 10 rings (SSSR count). The van der Waals surface area contributed by atoms with Crippen LogP contribution in [0.1, 0.15) is 12.3 Å². The van der Waals surface area contributed by atoms with Crippen LogP contribution in [-0.2, 0) is 0 Å². The van der Waals surface area contributed by atoms with Crippen LogP contribution < -0.4 is 0 Å². The predicted molar refractivity (Wildman–Crippen MR) is 192 cm³/mol. The van der Waals surface area contributed by atoms with Crippen molar-refractivity contribution in [3.8, 4) is 22.3 Å². The van der Waals surface area contributed by atoms with Gasteiger partial charge in [-0.15, -0.1) is 0 Å². The van der Waals surface area contributed by atoms with Crippen LogP contribution in [-0.4, -0.2) is 0 Å². The van der Waals surface area contributed by atoms with Gasteiger partial charge in [0.25, 0.3) is 0 Å². The van der Waals surface area contributed by atoms with Crippen LogP contribution in [0, 0.1) is 0 Å². The summed E-state index contributed by atoms with van der Waals surface area (Å²) in [6, 6.07) is 29.8. The van der Waals surface area contributed by atoms with Crippen molar-refractivity contribution in [3.05, 3.63) is 158 Å². The Morgan fingerprint density at radius 3 is 1.76 bits per heavy atom. The van der Waals surface area contributed by atoms with E-state index in [4.69, 9.17) is 14.0 Å². The summed E-state index contributed by atoms with van der Waals surface area (Å²) in [5.41, 5.74) is 4.11. The third-order valence-electron chi connectivity index (χ3n) is 8.95. The Bertz CT molecular complexity index is 3270. The van der Waals surface area contributed by atoms with Crippen LogP contribution in [0.3, 0.4) is 0 Å². The summed E-state index contributed by atoms with van der Waals surface area (Å²) in [4.78, 5) is 0. The highest BCUT2D eigenvalue weighted by atomic mass is 16.3. The molecule has 9 aromatic carbocycles. The first kappa shape index (κ1) is 17.4. The number of fused-ring (bicyclic) bond motifs is 10. The number of furan rings is 1. The highest BCUT2D eigenvalue weighted by Crippen LogP contribution is 2.49. The Balaban J connectivity index is 1.45. The van der Waals surface area contributed by atoms with Gasteiger partial charge in [0, 0.05) is 16.2 Å². The first-order valence-corrected chi connectivity index (χ1v) is 14.8. The lowest BCUT2D eigenvalue weighted by atomic mass is 9.83. The van der Waals surface area contributed by atoms with E-state index in [0.717, 1.165) is 54.6 Å². The van der Waals surface area contributed by atoms with Gasteiger partial charge in [-0.2, -0.15) is 0 Å². The molecule has 1 aromatic heterocycles. The highest BCUT2D eigenvalue weighted by Gasteiger charge is 2.22. The minimum atomic E-state index is -0.546. The van der Waals surface area contributed by atoms with Gasteiger partial charge >= 0.3 is 0 Å². The molecule has 208 valence electrons. The van der Waals surface area contributed by atoms with Gasteiger partial charge in [0.1, 0.15) is 11.2 Å². The summed E-state index contributed by atoms with van der Waals surface area (Å²) >= 11 is 0.